The number of hydrogen-bond acceptors (Lipinski definition) is 6. The number of nitrogens with one attached hydrogen (secondary N) is 1. The van der Waals surface area contributed by atoms with Crippen LogP contribution in [0.25, 0.3) is 0 Å². The normalized spacial score (nSPS) is 13.3. The Hall–Kier alpha value is -2.84. The molecule has 2 aromatic rings. The highest BCUT2D eigenvalue weighted by Crippen LogP contribution is 2.30. The lowest BCUT2D eigenvalue weighted by molar-refractivity contribution is -0.763. The van der Waals surface area contributed by atoms with Crippen molar-refractivity contribution in [1.82, 2.24) is 4.90 Å². The first-order valence-electron chi connectivity index (χ1n) is 7.89. The Balaban J connectivity index is 1.72. The smallest absolute Gasteiger partial charge is 0.294 e. The van der Waals surface area contributed by atoms with E-state index in [1.165, 1.54) is 4.90 Å². The maximum atomic E-state index is 12.8. The fourth-order valence-electron chi connectivity index (χ4n) is 2.51. The Morgan fingerprint density at radius 3 is 2.52 bits per heavy atom. The summed E-state index contributed by atoms with van der Waals surface area (Å²) in [5.41, 5.74) is 1.48. The van der Waals surface area contributed by atoms with Crippen molar-refractivity contribution in [2.75, 3.05) is 18.4 Å². The number of hydrogen-bond donors (Lipinski definition) is 1. The lowest BCUT2D eigenvalue weighted by Crippen LogP contribution is -2.38. The van der Waals surface area contributed by atoms with E-state index in [-0.39, 0.29) is 12.5 Å². The van der Waals surface area contributed by atoms with Crippen LogP contribution in [0.2, 0.25) is 10.0 Å². The molecule has 0 radical (unpaired) electrons. The fourth-order valence-corrected chi connectivity index (χ4v) is 3.00. The molecular weight excluding hydrogens is 395 g/mol. The van der Waals surface area contributed by atoms with Crippen LogP contribution in [-0.2, 0) is 11.4 Å². The number of aliphatic imine (C=N–C) groups is 1. The van der Waals surface area contributed by atoms with Crippen LogP contribution in [0.1, 0.15) is 15.9 Å². The molecule has 3 rings (SSSR count). The molecule has 0 atom stereocenters. The first-order valence-corrected chi connectivity index (χ1v) is 8.65. The van der Waals surface area contributed by atoms with Gasteiger partial charge in [0.05, 0.1) is 22.3 Å². The summed E-state index contributed by atoms with van der Waals surface area (Å²) in [5, 5.41) is 13.2. The third-order valence-corrected chi connectivity index (χ3v) is 4.45. The Labute approximate surface area is 164 Å². The predicted molar refractivity (Wildman–Crippen MR) is 102 cm³/mol. The number of guanidine groups is 1. The van der Waals surface area contributed by atoms with Crippen molar-refractivity contribution in [3.05, 3.63) is 73.8 Å². The zero-order chi connectivity index (χ0) is 19.4. The number of nitrogens with zero attached hydrogens (tertiary/aromatic N) is 3. The van der Waals surface area contributed by atoms with E-state index < -0.39 is 5.09 Å². The van der Waals surface area contributed by atoms with Crippen molar-refractivity contribution < 1.29 is 14.7 Å². The van der Waals surface area contributed by atoms with Gasteiger partial charge in [-0.15, -0.1) is 10.1 Å². The molecule has 1 amide bonds. The number of rotatable bonds is 5. The summed E-state index contributed by atoms with van der Waals surface area (Å²) in [6.07, 6.45) is 0. The third-order valence-electron chi connectivity index (χ3n) is 3.82. The van der Waals surface area contributed by atoms with E-state index in [4.69, 9.17) is 23.2 Å². The van der Waals surface area contributed by atoms with E-state index in [0.717, 1.165) is 0 Å². The fraction of sp³-hybridized carbons (Fsp3) is 0.176. The Morgan fingerprint density at radius 2 is 1.89 bits per heavy atom. The molecule has 0 spiro atoms. The van der Waals surface area contributed by atoms with Gasteiger partial charge in [0.2, 0.25) is 5.96 Å². The number of carbonyl (C=O) groups is 1. The zero-order valence-corrected chi connectivity index (χ0v) is 15.4. The van der Waals surface area contributed by atoms with E-state index in [0.29, 0.717) is 45.9 Å². The quantitative estimate of drug-likeness (QED) is 0.601. The van der Waals surface area contributed by atoms with Gasteiger partial charge >= 0.3 is 0 Å². The first-order chi connectivity index (χ1) is 13.0. The van der Waals surface area contributed by atoms with Crippen LogP contribution in [0.4, 0.5) is 5.69 Å². The SMILES string of the molecule is O=C(c1ccc(CO[N+](=O)[O-])cc1)N1CCN=C1Nc1c(Cl)cccc1Cl. The van der Waals surface area contributed by atoms with Crippen molar-refractivity contribution in [2.24, 2.45) is 4.99 Å². The topological polar surface area (TPSA) is 97.1 Å². The molecule has 27 heavy (non-hydrogen) atoms. The average Bonchev–Trinajstić information content (AvgIpc) is 3.11. The highest BCUT2D eigenvalue weighted by atomic mass is 35.5. The van der Waals surface area contributed by atoms with Crippen LogP contribution in [0.15, 0.2) is 47.5 Å². The largest absolute Gasteiger partial charge is 0.323 e. The summed E-state index contributed by atoms with van der Waals surface area (Å²) in [4.78, 5) is 33.1. The second kappa shape index (κ2) is 8.24. The van der Waals surface area contributed by atoms with Gasteiger partial charge in [0.1, 0.15) is 6.61 Å². The summed E-state index contributed by atoms with van der Waals surface area (Å²) in [7, 11) is 0. The Morgan fingerprint density at radius 1 is 1.22 bits per heavy atom. The van der Waals surface area contributed by atoms with Gasteiger partial charge in [-0.25, -0.2) is 0 Å². The van der Waals surface area contributed by atoms with Crippen LogP contribution in [0.3, 0.4) is 0 Å². The highest BCUT2D eigenvalue weighted by molar-refractivity contribution is 6.40. The van der Waals surface area contributed by atoms with Gasteiger partial charge < -0.3 is 10.2 Å². The minimum absolute atomic E-state index is 0.176. The van der Waals surface area contributed by atoms with E-state index >= 15 is 0 Å². The number of halogens is 2. The zero-order valence-electron chi connectivity index (χ0n) is 13.9. The maximum Gasteiger partial charge on any atom is 0.294 e. The Bertz CT molecular complexity index is 882. The van der Waals surface area contributed by atoms with E-state index in [9.17, 15) is 14.9 Å². The van der Waals surface area contributed by atoms with Crippen LogP contribution in [0.5, 0.6) is 0 Å². The second-order valence-corrected chi connectivity index (χ2v) is 6.39. The lowest BCUT2D eigenvalue weighted by atomic mass is 10.1. The molecule has 0 saturated heterocycles. The van der Waals surface area contributed by atoms with E-state index in [1.54, 1.807) is 42.5 Å². The van der Waals surface area contributed by atoms with Gasteiger partial charge in [-0.1, -0.05) is 41.4 Å². The van der Waals surface area contributed by atoms with Gasteiger partial charge in [0, 0.05) is 12.1 Å². The van der Waals surface area contributed by atoms with Crippen molar-refractivity contribution in [2.45, 2.75) is 6.61 Å². The molecule has 0 aromatic heterocycles. The molecule has 1 aliphatic heterocycles. The molecule has 0 saturated carbocycles. The van der Waals surface area contributed by atoms with Crippen LogP contribution in [0, 0.1) is 10.1 Å². The number of anilines is 1. The highest BCUT2D eigenvalue weighted by Gasteiger charge is 2.26. The molecule has 2 aromatic carbocycles. The molecule has 0 bridgehead atoms. The molecule has 0 fully saturated rings. The summed E-state index contributed by atoms with van der Waals surface area (Å²) < 4.78 is 0. The third kappa shape index (κ3) is 4.47. The van der Waals surface area contributed by atoms with Gasteiger partial charge in [0.15, 0.2) is 0 Å². The molecule has 0 unspecified atom stereocenters. The first kappa shape index (κ1) is 18.9. The molecule has 8 nitrogen and oxygen atoms in total. The van der Waals surface area contributed by atoms with Gasteiger partial charge in [-0.05, 0) is 29.8 Å². The van der Waals surface area contributed by atoms with Gasteiger partial charge in [-0.3, -0.25) is 14.7 Å². The number of para-hydroxylation sites is 1. The predicted octanol–water partition coefficient (Wildman–Crippen LogP) is 3.63. The summed E-state index contributed by atoms with van der Waals surface area (Å²) in [6.45, 7) is 0.685. The molecule has 140 valence electrons. The number of amides is 1. The monoisotopic (exact) mass is 408 g/mol. The number of benzene rings is 2. The second-order valence-electron chi connectivity index (χ2n) is 5.58. The average molecular weight is 409 g/mol. The minimum Gasteiger partial charge on any atom is -0.323 e. The summed E-state index contributed by atoms with van der Waals surface area (Å²) in [6, 6.07) is 11.5. The standard InChI is InChI=1S/C17H14Cl2N4O4/c18-13-2-1-3-14(19)15(13)21-17-20-8-9-22(17)16(24)12-6-4-11(5-7-12)10-27-23(25)26/h1-7H,8-10H2,(H,20,21). The summed E-state index contributed by atoms with van der Waals surface area (Å²) in [5.74, 6) is 0.0967. The van der Waals surface area contributed by atoms with Gasteiger partial charge in [-0.2, -0.15) is 0 Å². The van der Waals surface area contributed by atoms with Crippen molar-refractivity contribution >= 4 is 40.8 Å². The Kier molecular flexibility index (Phi) is 5.78. The molecular formula is C17H14Cl2N4O4. The minimum atomic E-state index is -0.864. The summed E-state index contributed by atoms with van der Waals surface area (Å²) >= 11 is 12.3. The molecule has 1 aliphatic rings. The maximum absolute atomic E-state index is 12.8. The van der Waals surface area contributed by atoms with Crippen LogP contribution < -0.4 is 5.32 Å². The van der Waals surface area contributed by atoms with E-state index in [1.807, 2.05) is 0 Å². The molecule has 0 aliphatic carbocycles. The van der Waals surface area contributed by atoms with Crippen LogP contribution >= 0.6 is 23.2 Å². The molecule has 10 heteroatoms. The van der Waals surface area contributed by atoms with Crippen molar-refractivity contribution in [3.63, 3.8) is 0 Å². The van der Waals surface area contributed by atoms with Crippen LogP contribution in [-0.4, -0.2) is 34.9 Å². The van der Waals surface area contributed by atoms with E-state index in [2.05, 4.69) is 15.1 Å². The van der Waals surface area contributed by atoms with Crippen molar-refractivity contribution in [1.29, 1.82) is 0 Å². The number of carbonyl (C=O) groups excluding carboxylic acids is 1. The van der Waals surface area contributed by atoms with Crippen molar-refractivity contribution in [3.8, 4) is 0 Å². The molecule has 1 heterocycles. The lowest BCUT2D eigenvalue weighted by Gasteiger charge is -2.20. The van der Waals surface area contributed by atoms with Gasteiger partial charge in [0.25, 0.3) is 11.0 Å². The molecule has 1 N–H and O–H groups in total.